The van der Waals surface area contributed by atoms with Gasteiger partial charge in [0.05, 0.1) is 6.61 Å². The molecule has 2 nitrogen and oxygen atoms in total. The van der Waals surface area contributed by atoms with Crippen molar-refractivity contribution in [2.75, 3.05) is 6.61 Å². The summed E-state index contributed by atoms with van der Waals surface area (Å²) in [5, 5.41) is 0. The maximum atomic E-state index is 11.9. The number of ether oxygens (including phenoxy) is 1. The van der Waals surface area contributed by atoms with Crippen LogP contribution in [0.4, 0.5) is 0 Å². The van der Waals surface area contributed by atoms with Crippen molar-refractivity contribution in [2.45, 2.75) is 83.5 Å². The first kappa shape index (κ1) is 17.5. The average molecular weight is 328 g/mol. The molecule has 0 N–H and O–H groups in total. The fourth-order valence-corrected chi connectivity index (χ4v) is 4.35. The zero-order valence-corrected chi connectivity index (χ0v) is 15.6. The van der Waals surface area contributed by atoms with E-state index in [-0.39, 0.29) is 5.41 Å². The first-order valence-electron chi connectivity index (χ1n) is 9.80. The van der Waals surface area contributed by atoms with Gasteiger partial charge >= 0.3 is 0 Å². The Labute approximate surface area is 147 Å². The minimum Gasteiger partial charge on any atom is -0.493 e. The van der Waals surface area contributed by atoms with E-state index < -0.39 is 0 Å². The van der Waals surface area contributed by atoms with E-state index in [1.165, 1.54) is 43.2 Å². The SMILES string of the molecule is CCCCCCC(C)(C)c1ccc2c(c1)OCC1CCC(=O)CC21. The van der Waals surface area contributed by atoms with Crippen LogP contribution in [0.1, 0.15) is 89.2 Å². The van der Waals surface area contributed by atoms with Gasteiger partial charge in [-0.1, -0.05) is 58.6 Å². The maximum absolute atomic E-state index is 11.9. The third-order valence-electron chi connectivity index (χ3n) is 6.11. The molecular weight excluding hydrogens is 296 g/mol. The molecule has 24 heavy (non-hydrogen) atoms. The number of rotatable bonds is 6. The van der Waals surface area contributed by atoms with E-state index in [9.17, 15) is 4.79 Å². The first-order valence-corrected chi connectivity index (χ1v) is 9.80. The summed E-state index contributed by atoms with van der Waals surface area (Å²) in [5.74, 6) is 2.37. The van der Waals surface area contributed by atoms with E-state index in [0.717, 1.165) is 25.2 Å². The molecule has 2 aliphatic rings. The Morgan fingerprint density at radius 2 is 2.04 bits per heavy atom. The van der Waals surface area contributed by atoms with E-state index in [1.807, 2.05) is 0 Å². The number of ketones is 1. The summed E-state index contributed by atoms with van der Waals surface area (Å²) < 4.78 is 6.10. The molecule has 132 valence electrons. The Morgan fingerprint density at radius 3 is 2.83 bits per heavy atom. The number of hydrogen-bond acceptors (Lipinski definition) is 2. The van der Waals surface area contributed by atoms with Crippen molar-refractivity contribution in [1.82, 2.24) is 0 Å². The van der Waals surface area contributed by atoms with Crippen LogP contribution in [0.3, 0.4) is 0 Å². The Morgan fingerprint density at radius 1 is 1.21 bits per heavy atom. The molecule has 1 fully saturated rings. The lowest BCUT2D eigenvalue weighted by atomic mass is 9.72. The smallest absolute Gasteiger partial charge is 0.133 e. The van der Waals surface area contributed by atoms with Crippen LogP contribution in [0.25, 0.3) is 0 Å². The Bertz CT molecular complexity index is 588. The van der Waals surface area contributed by atoms with Gasteiger partial charge in [0.25, 0.3) is 0 Å². The normalized spacial score (nSPS) is 23.4. The van der Waals surface area contributed by atoms with Gasteiger partial charge in [0, 0.05) is 24.7 Å². The molecule has 2 unspecified atom stereocenters. The van der Waals surface area contributed by atoms with Crippen LogP contribution in [-0.4, -0.2) is 12.4 Å². The predicted molar refractivity (Wildman–Crippen MR) is 98.8 cm³/mol. The van der Waals surface area contributed by atoms with E-state index in [1.54, 1.807) is 0 Å². The first-order chi connectivity index (χ1) is 11.5. The Kier molecular flexibility index (Phi) is 5.32. The Balaban J connectivity index is 1.75. The molecule has 0 spiro atoms. The van der Waals surface area contributed by atoms with Crippen LogP contribution < -0.4 is 4.74 Å². The van der Waals surface area contributed by atoms with E-state index >= 15 is 0 Å². The molecule has 2 atom stereocenters. The van der Waals surface area contributed by atoms with Crippen molar-refractivity contribution in [3.63, 3.8) is 0 Å². The highest BCUT2D eigenvalue weighted by Crippen LogP contribution is 2.45. The highest BCUT2D eigenvalue weighted by molar-refractivity contribution is 5.80. The quantitative estimate of drug-likeness (QED) is 0.619. The second-order valence-electron chi connectivity index (χ2n) is 8.41. The summed E-state index contributed by atoms with van der Waals surface area (Å²) in [4.78, 5) is 11.9. The topological polar surface area (TPSA) is 26.3 Å². The van der Waals surface area contributed by atoms with Crippen LogP contribution in [0.15, 0.2) is 18.2 Å². The van der Waals surface area contributed by atoms with Crippen molar-refractivity contribution in [3.8, 4) is 5.75 Å². The lowest BCUT2D eigenvalue weighted by Gasteiger charge is -2.37. The number of hydrogen-bond donors (Lipinski definition) is 0. The number of Topliss-reactive ketones (excluding diaryl/α,β-unsaturated/α-hetero) is 1. The molecule has 0 saturated heterocycles. The van der Waals surface area contributed by atoms with Gasteiger partial charge in [-0.2, -0.15) is 0 Å². The van der Waals surface area contributed by atoms with Gasteiger partial charge in [-0.25, -0.2) is 0 Å². The second-order valence-corrected chi connectivity index (χ2v) is 8.41. The van der Waals surface area contributed by atoms with Crippen LogP contribution >= 0.6 is 0 Å². The second kappa shape index (κ2) is 7.29. The summed E-state index contributed by atoms with van der Waals surface area (Å²) in [6.07, 6.45) is 8.90. The molecule has 1 aromatic rings. The largest absolute Gasteiger partial charge is 0.493 e. The molecule has 1 aliphatic carbocycles. The summed E-state index contributed by atoms with van der Waals surface area (Å²) in [6, 6.07) is 6.78. The number of carbonyl (C=O) groups excluding carboxylic acids is 1. The van der Waals surface area contributed by atoms with Crippen LogP contribution in [0, 0.1) is 5.92 Å². The van der Waals surface area contributed by atoms with Crippen LogP contribution in [-0.2, 0) is 10.2 Å². The van der Waals surface area contributed by atoms with Crippen molar-refractivity contribution < 1.29 is 9.53 Å². The van der Waals surface area contributed by atoms with E-state index in [0.29, 0.717) is 24.0 Å². The molecule has 1 saturated carbocycles. The predicted octanol–water partition coefficient (Wildman–Crippen LogP) is 5.78. The fraction of sp³-hybridized carbons (Fsp3) is 0.682. The standard InChI is InChI=1S/C22H32O2/c1-4-5-6-7-12-22(2,3)17-9-11-19-20-14-18(23)10-8-16(20)15-24-21(19)13-17/h9,11,13,16,20H,4-8,10,12,14-15H2,1-3H3. The summed E-state index contributed by atoms with van der Waals surface area (Å²) >= 11 is 0. The third kappa shape index (κ3) is 3.68. The number of carbonyl (C=O) groups is 1. The van der Waals surface area contributed by atoms with Gasteiger partial charge in [0.2, 0.25) is 0 Å². The van der Waals surface area contributed by atoms with Gasteiger partial charge in [-0.05, 0) is 35.4 Å². The zero-order chi connectivity index (χ0) is 17.2. The van der Waals surface area contributed by atoms with Gasteiger partial charge in [0.15, 0.2) is 0 Å². The molecule has 0 amide bonds. The van der Waals surface area contributed by atoms with Crippen molar-refractivity contribution in [1.29, 1.82) is 0 Å². The van der Waals surface area contributed by atoms with Crippen molar-refractivity contribution >= 4 is 5.78 Å². The minimum absolute atomic E-state index is 0.186. The monoisotopic (exact) mass is 328 g/mol. The molecule has 1 aromatic carbocycles. The van der Waals surface area contributed by atoms with Crippen LogP contribution in [0.2, 0.25) is 0 Å². The molecular formula is C22H32O2. The van der Waals surface area contributed by atoms with E-state index in [4.69, 9.17) is 4.74 Å². The highest BCUT2D eigenvalue weighted by atomic mass is 16.5. The van der Waals surface area contributed by atoms with Gasteiger partial charge < -0.3 is 4.74 Å². The lowest BCUT2D eigenvalue weighted by Crippen LogP contribution is -2.32. The molecule has 0 radical (unpaired) electrons. The molecule has 0 aromatic heterocycles. The van der Waals surface area contributed by atoms with Gasteiger partial charge in [-0.15, -0.1) is 0 Å². The third-order valence-corrected chi connectivity index (χ3v) is 6.11. The molecule has 2 heteroatoms. The Hall–Kier alpha value is -1.31. The molecule has 3 rings (SSSR count). The molecule has 0 bridgehead atoms. The summed E-state index contributed by atoms with van der Waals surface area (Å²) in [5.41, 5.74) is 2.83. The lowest BCUT2D eigenvalue weighted by molar-refractivity contribution is -0.122. The van der Waals surface area contributed by atoms with Crippen LogP contribution in [0.5, 0.6) is 5.75 Å². The van der Waals surface area contributed by atoms with Gasteiger partial charge in [-0.3, -0.25) is 4.79 Å². The molecule has 1 aliphatic heterocycles. The summed E-state index contributed by atoms with van der Waals surface area (Å²) in [7, 11) is 0. The summed E-state index contributed by atoms with van der Waals surface area (Å²) in [6.45, 7) is 7.73. The maximum Gasteiger partial charge on any atom is 0.133 e. The number of fused-ring (bicyclic) bond motifs is 3. The average Bonchev–Trinajstić information content (AvgIpc) is 2.58. The van der Waals surface area contributed by atoms with Gasteiger partial charge in [0.1, 0.15) is 11.5 Å². The van der Waals surface area contributed by atoms with E-state index in [2.05, 4.69) is 39.0 Å². The number of benzene rings is 1. The van der Waals surface area contributed by atoms with Crippen molar-refractivity contribution in [2.24, 2.45) is 5.92 Å². The van der Waals surface area contributed by atoms with Crippen molar-refractivity contribution in [3.05, 3.63) is 29.3 Å². The minimum atomic E-state index is 0.186. The zero-order valence-electron chi connectivity index (χ0n) is 15.6. The fourth-order valence-electron chi connectivity index (χ4n) is 4.35. The number of unbranched alkanes of at least 4 members (excludes halogenated alkanes) is 3. The molecule has 1 heterocycles. The highest BCUT2D eigenvalue weighted by Gasteiger charge is 2.36.